The molecule has 0 saturated heterocycles. The Morgan fingerprint density at radius 3 is 2.53 bits per heavy atom. The lowest BCUT2D eigenvalue weighted by atomic mass is 9.98. The van der Waals surface area contributed by atoms with E-state index in [1.165, 1.54) is 19.3 Å². The van der Waals surface area contributed by atoms with Crippen LogP contribution in [0, 0.1) is 0 Å². The van der Waals surface area contributed by atoms with Crippen LogP contribution in [0.4, 0.5) is 0 Å². The topological polar surface area (TPSA) is 29.5 Å². The van der Waals surface area contributed by atoms with E-state index in [2.05, 4.69) is 6.92 Å². The summed E-state index contributed by atoms with van der Waals surface area (Å²) in [4.78, 5) is 13.8. The largest absolute Gasteiger partial charge is 0.368 e. The van der Waals surface area contributed by atoms with Gasteiger partial charge in [-0.1, -0.05) is 32.6 Å². The van der Waals surface area contributed by atoms with Crippen molar-refractivity contribution in [3.8, 4) is 0 Å². The fraction of sp³-hybridized carbons (Fsp3) is 0.929. The molecule has 0 aliphatic heterocycles. The van der Waals surface area contributed by atoms with Crippen LogP contribution < -0.4 is 0 Å². The van der Waals surface area contributed by atoms with E-state index < -0.39 is 0 Å². The van der Waals surface area contributed by atoms with Gasteiger partial charge in [0.25, 0.3) is 0 Å². The van der Waals surface area contributed by atoms with Crippen molar-refractivity contribution < 1.29 is 9.53 Å². The summed E-state index contributed by atoms with van der Waals surface area (Å²) in [6.07, 6.45) is 8.65. The van der Waals surface area contributed by atoms with Gasteiger partial charge in [0.2, 0.25) is 5.91 Å². The van der Waals surface area contributed by atoms with Crippen LogP contribution in [-0.4, -0.2) is 36.6 Å². The van der Waals surface area contributed by atoms with Crippen molar-refractivity contribution in [3.63, 3.8) is 0 Å². The highest BCUT2D eigenvalue weighted by atomic mass is 16.5. The van der Waals surface area contributed by atoms with Gasteiger partial charge in [-0.3, -0.25) is 4.79 Å². The molecule has 100 valence electrons. The van der Waals surface area contributed by atoms with Gasteiger partial charge in [0.05, 0.1) is 6.10 Å². The summed E-state index contributed by atoms with van der Waals surface area (Å²) in [5, 5.41) is 0. The van der Waals surface area contributed by atoms with Gasteiger partial charge in [0.1, 0.15) is 6.61 Å². The number of ether oxygens (including phenoxy) is 1. The van der Waals surface area contributed by atoms with Crippen molar-refractivity contribution in [2.75, 3.05) is 19.7 Å². The summed E-state index contributed by atoms with van der Waals surface area (Å²) in [6.45, 7) is 6.14. The van der Waals surface area contributed by atoms with Crippen molar-refractivity contribution in [2.24, 2.45) is 0 Å². The maximum atomic E-state index is 11.9. The van der Waals surface area contributed by atoms with Gasteiger partial charge in [-0.2, -0.15) is 0 Å². The third-order valence-corrected chi connectivity index (χ3v) is 3.51. The normalized spacial score (nSPS) is 17.1. The molecular weight excluding hydrogens is 214 g/mol. The van der Waals surface area contributed by atoms with Crippen molar-refractivity contribution in [1.29, 1.82) is 0 Å². The molecule has 1 rings (SSSR count). The van der Waals surface area contributed by atoms with E-state index in [4.69, 9.17) is 4.74 Å². The molecule has 3 heteroatoms. The Hall–Kier alpha value is -0.570. The van der Waals surface area contributed by atoms with E-state index >= 15 is 0 Å². The van der Waals surface area contributed by atoms with E-state index in [0.29, 0.717) is 6.10 Å². The molecule has 0 aromatic heterocycles. The number of hydrogen-bond acceptors (Lipinski definition) is 2. The molecule has 0 spiro atoms. The summed E-state index contributed by atoms with van der Waals surface area (Å²) in [5.41, 5.74) is 0. The Balaban J connectivity index is 2.21. The summed E-state index contributed by atoms with van der Waals surface area (Å²) >= 11 is 0. The fourth-order valence-corrected chi connectivity index (χ4v) is 2.32. The molecule has 0 atom stereocenters. The lowest BCUT2D eigenvalue weighted by molar-refractivity contribution is -0.138. The second kappa shape index (κ2) is 8.51. The van der Waals surface area contributed by atoms with Gasteiger partial charge < -0.3 is 9.64 Å². The van der Waals surface area contributed by atoms with E-state index in [0.717, 1.165) is 38.8 Å². The first kappa shape index (κ1) is 14.5. The van der Waals surface area contributed by atoms with Gasteiger partial charge in [0.15, 0.2) is 0 Å². The Bertz CT molecular complexity index is 212. The molecule has 0 aromatic rings. The first-order valence-electron chi connectivity index (χ1n) is 7.17. The molecule has 0 unspecified atom stereocenters. The van der Waals surface area contributed by atoms with Crippen LogP contribution in [-0.2, 0) is 9.53 Å². The summed E-state index contributed by atoms with van der Waals surface area (Å²) in [6, 6.07) is 0. The zero-order chi connectivity index (χ0) is 12.5. The first-order valence-corrected chi connectivity index (χ1v) is 7.17. The molecule has 1 aliphatic rings. The molecule has 1 amide bonds. The number of hydrogen-bond donors (Lipinski definition) is 0. The number of carbonyl (C=O) groups excluding carboxylic acids is 1. The Kier molecular flexibility index (Phi) is 7.25. The number of amides is 1. The van der Waals surface area contributed by atoms with Crippen LogP contribution in [0.2, 0.25) is 0 Å². The number of carbonyl (C=O) groups is 1. The highest BCUT2D eigenvalue weighted by molar-refractivity contribution is 5.77. The minimum Gasteiger partial charge on any atom is -0.368 e. The number of likely N-dealkylation sites (N-methyl/N-ethyl adjacent to an activating group) is 1. The lowest BCUT2D eigenvalue weighted by Crippen LogP contribution is -2.36. The number of rotatable bonds is 7. The molecule has 1 aliphatic carbocycles. The van der Waals surface area contributed by atoms with Crippen LogP contribution in [0.3, 0.4) is 0 Å². The van der Waals surface area contributed by atoms with Crippen LogP contribution in [0.1, 0.15) is 58.8 Å². The van der Waals surface area contributed by atoms with Crippen LogP contribution >= 0.6 is 0 Å². The molecule has 1 fully saturated rings. The highest BCUT2D eigenvalue weighted by Gasteiger charge is 2.17. The molecule has 1 saturated carbocycles. The van der Waals surface area contributed by atoms with Gasteiger partial charge in [-0.15, -0.1) is 0 Å². The van der Waals surface area contributed by atoms with Gasteiger partial charge >= 0.3 is 0 Å². The molecule has 0 heterocycles. The maximum Gasteiger partial charge on any atom is 0.248 e. The molecule has 3 nitrogen and oxygen atoms in total. The summed E-state index contributed by atoms with van der Waals surface area (Å²) < 4.78 is 5.72. The Labute approximate surface area is 106 Å². The number of nitrogens with zero attached hydrogens (tertiary/aromatic N) is 1. The monoisotopic (exact) mass is 241 g/mol. The molecule has 0 N–H and O–H groups in total. The van der Waals surface area contributed by atoms with Crippen molar-refractivity contribution in [2.45, 2.75) is 64.9 Å². The smallest absolute Gasteiger partial charge is 0.248 e. The lowest BCUT2D eigenvalue weighted by Gasteiger charge is -2.25. The highest BCUT2D eigenvalue weighted by Crippen LogP contribution is 2.20. The fourth-order valence-electron chi connectivity index (χ4n) is 2.32. The quantitative estimate of drug-likeness (QED) is 0.686. The van der Waals surface area contributed by atoms with E-state index in [9.17, 15) is 4.79 Å². The molecule has 0 bridgehead atoms. The maximum absolute atomic E-state index is 11.9. The summed E-state index contributed by atoms with van der Waals surface area (Å²) in [5.74, 6) is 0.159. The van der Waals surface area contributed by atoms with E-state index in [-0.39, 0.29) is 12.5 Å². The Morgan fingerprint density at radius 2 is 1.94 bits per heavy atom. The van der Waals surface area contributed by atoms with Crippen LogP contribution in [0.5, 0.6) is 0 Å². The third kappa shape index (κ3) is 5.53. The zero-order valence-electron chi connectivity index (χ0n) is 11.4. The van der Waals surface area contributed by atoms with Crippen molar-refractivity contribution in [1.82, 2.24) is 4.90 Å². The second-order valence-electron chi connectivity index (χ2n) is 4.90. The standard InChI is InChI=1S/C14H27NO2/c1-3-5-11-15(4-2)14(16)12-17-13-9-7-6-8-10-13/h13H,3-12H2,1-2H3. The SMILES string of the molecule is CCCCN(CC)C(=O)COC1CCCCC1. The third-order valence-electron chi connectivity index (χ3n) is 3.51. The average molecular weight is 241 g/mol. The van der Waals surface area contributed by atoms with Crippen LogP contribution in [0.25, 0.3) is 0 Å². The first-order chi connectivity index (χ1) is 8.27. The molecule has 0 aromatic carbocycles. The minimum atomic E-state index is 0.159. The number of unbranched alkanes of at least 4 members (excludes halogenated alkanes) is 1. The van der Waals surface area contributed by atoms with Gasteiger partial charge in [-0.25, -0.2) is 0 Å². The van der Waals surface area contributed by atoms with E-state index in [1.807, 2.05) is 11.8 Å². The van der Waals surface area contributed by atoms with E-state index in [1.54, 1.807) is 0 Å². The molecule has 0 radical (unpaired) electrons. The average Bonchev–Trinajstić information content (AvgIpc) is 2.38. The zero-order valence-corrected chi connectivity index (χ0v) is 11.4. The van der Waals surface area contributed by atoms with Crippen LogP contribution in [0.15, 0.2) is 0 Å². The second-order valence-corrected chi connectivity index (χ2v) is 4.90. The van der Waals surface area contributed by atoms with Gasteiger partial charge in [0, 0.05) is 13.1 Å². The Morgan fingerprint density at radius 1 is 1.24 bits per heavy atom. The predicted molar refractivity (Wildman–Crippen MR) is 70.0 cm³/mol. The minimum absolute atomic E-state index is 0.159. The van der Waals surface area contributed by atoms with Crippen molar-refractivity contribution in [3.05, 3.63) is 0 Å². The molecule has 17 heavy (non-hydrogen) atoms. The van der Waals surface area contributed by atoms with Crippen molar-refractivity contribution >= 4 is 5.91 Å². The predicted octanol–water partition coefficient (Wildman–Crippen LogP) is 2.98. The summed E-state index contributed by atoms with van der Waals surface area (Å²) in [7, 11) is 0. The van der Waals surface area contributed by atoms with Gasteiger partial charge in [-0.05, 0) is 26.2 Å². The molecular formula is C14H27NO2.